The van der Waals surface area contributed by atoms with Gasteiger partial charge in [0.15, 0.2) is 4.96 Å². The number of hydrogen-bond donors (Lipinski definition) is 2. The average Bonchev–Trinajstić information content (AvgIpc) is 3.18. The zero-order valence-corrected chi connectivity index (χ0v) is 14.7. The lowest BCUT2D eigenvalue weighted by Gasteiger charge is -2.22. The quantitative estimate of drug-likeness (QED) is 0.748. The van der Waals surface area contributed by atoms with Gasteiger partial charge in [-0.05, 0) is 31.5 Å². The highest BCUT2D eigenvalue weighted by atomic mass is 35.5. The van der Waals surface area contributed by atoms with Crippen molar-refractivity contribution in [3.63, 3.8) is 0 Å². The predicted octanol–water partition coefficient (Wildman–Crippen LogP) is 3.57. The molecule has 5 nitrogen and oxygen atoms in total. The molecule has 4 rings (SSSR count). The Morgan fingerprint density at radius 2 is 2.12 bits per heavy atom. The molecule has 2 N–H and O–H groups in total. The van der Waals surface area contributed by atoms with Crippen LogP contribution in [-0.4, -0.2) is 27.9 Å². The van der Waals surface area contributed by atoms with E-state index < -0.39 is 0 Å². The largest absolute Gasteiger partial charge is 0.325 e. The molecule has 0 bridgehead atoms. The molecule has 1 atom stereocenters. The number of piperidine rings is 1. The zero-order chi connectivity index (χ0) is 15.6. The molecule has 1 aliphatic rings. The second-order valence-electron chi connectivity index (χ2n) is 5.79. The number of halogens is 1. The molecular formula is C17H19ClN4OS. The third kappa shape index (κ3) is 3.45. The van der Waals surface area contributed by atoms with Gasteiger partial charge in [-0.2, -0.15) is 0 Å². The Morgan fingerprint density at radius 3 is 2.83 bits per heavy atom. The van der Waals surface area contributed by atoms with E-state index in [-0.39, 0.29) is 24.4 Å². The van der Waals surface area contributed by atoms with E-state index in [1.807, 2.05) is 46.4 Å². The molecule has 1 aromatic carbocycles. The number of anilines is 1. The lowest BCUT2D eigenvalue weighted by Crippen LogP contribution is -2.43. The first-order valence-corrected chi connectivity index (χ1v) is 8.74. The normalized spacial score (nSPS) is 17.4. The molecule has 1 fully saturated rings. The van der Waals surface area contributed by atoms with Crippen LogP contribution in [-0.2, 0) is 4.79 Å². The summed E-state index contributed by atoms with van der Waals surface area (Å²) in [5.41, 5.74) is 2.82. The van der Waals surface area contributed by atoms with Crippen molar-refractivity contribution in [1.29, 1.82) is 0 Å². The maximum absolute atomic E-state index is 12.2. The highest BCUT2D eigenvalue weighted by Crippen LogP contribution is 2.23. The van der Waals surface area contributed by atoms with Crippen molar-refractivity contribution in [3.05, 3.63) is 42.0 Å². The molecule has 0 aliphatic carbocycles. The number of nitrogens with zero attached hydrogens (tertiary/aromatic N) is 2. The molecule has 0 spiro atoms. The Balaban J connectivity index is 0.00000169. The van der Waals surface area contributed by atoms with Crippen molar-refractivity contribution in [2.45, 2.75) is 25.3 Å². The summed E-state index contributed by atoms with van der Waals surface area (Å²) in [5, 5.41) is 8.27. The Bertz CT molecular complexity index is 792. The first-order chi connectivity index (χ1) is 11.3. The SMILES string of the molecule is Cl.O=C(Nc1ccc(-c2cn3ccsc3n2)cc1)[C@@H]1CCCCN1. The van der Waals surface area contributed by atoms with Crippen LogP contribution in [0.25, 0.3) is 16.2 Å². The molecule has 3 aromatic rings. The van der Waals surface area contributed by atoms with Gasteiger partial charge >= 0.3 is 0 Å². The fourth-order valence-electron chi connectivity index (χ4n) is 2.90. The first-order valence-electron chi connectivity index (χ1n) is 7.86. The number of fused-ring (bicyclic) bond motifs is 1. The monoisotopic (exact) mass is 362 g/mol. The Labute approximate surface area is 150 Å². The van der Waals surface area contributed by atoms with E-state index in [0.29, 0.717) is 0 Å². The fourth-order valence-corrected chi connectivity index (χ4v) is 3.60. The summed E-state index contributed by atoms with van der Waals surface area (Å²) in [6, 6.07) is 7.79. The van der Waals surface area contributed by atoms with Gasteiger partial charge in [0.05, 0.1) is 11.7 Å². The molecule has 0 unspecified atom stereocenters. The van der Waals surface area contributed by atoms with Gasteiger partial charge < -0.3 is 10.6 Å². The second kappa shape index (κ2) is 7.34. The summed E-state index contributed by atoms with van der Waals surface area (Å²) in [4.78, 5) is 17.8. The molecule has 24 heavy (non-hydrogen) atoms. The van der Waals surface area contributed by atoms with E-state index >= 15 is 0 Å². The van der Waals surface area contributed by atoms with E-state index in [1.54, 1.807) is 11.3 Å². The number of hydrogen-bond acceptors (Lipinski definition) is 4. The lowest BCUT2D eigenvalue weighted by molar-refractivity contribution is -0.118. The van der Waals surface area contributed by atoms with E-state index in [1.165, 1.54) is 0 Å². The van der Waals surface area contributed by atoms with Crippen molar-refractivity contribution in [3.8, 4) is 11.3 Å². The van der Waals surface area contributed by atoms with Crippen LogP contribution in [0.5, 0.6) is 0 Å². The Kier molecular flexibility index (Phi) is 5.18. The van der Waals surface area contributed by atoms with Crippen molar-refractivity contribution in [2.24, 2.45) is 0 Å². The van der Waals surface area contributed by atoms with Crippen LogP contribution in [0.4, 0.5) is 5.69 Å². The fraction of sp³-hybridized carbons (Fsp3) is 0.294. The van der Waals surface area contributed by atoms with Crippen LogP contribution in [0.15, 0.2) is 42.0 Å². The summed E-state index contributed by atoms with van der Waals surface area (Å²) in [7, 11) is 0. The number of carbonyl (C=O) groups is 1. The van der Waals surface area contributed by atoms with E-state index in [2.05, 4.69) is 15.6 Å². The van der Waals surface area contributed by atoms with E-state index in [0.717, 1.165) is 47.7 Å². The molecular weight excluding hydrogens is 344 g/mol. The number of rotatable bonds is 3. The molecule has 0 saturated carbocycles. The second-order valence-corrected chi connectivity index (χ2v) is 6.66. The third-order valence-electron chi connectivity index (χ3n) is 4.17. The smallest absolute Gasteiger partial charge is 0.241 e. The van der Waals surface area contributed by atoms with Crippen LogP contribution >= 0.6 is 23.7 Å². The van der Waals surface area contributed by atoms with Gasteiger partial charge in [0.2, 0.25) is 5.91 Å². The minimum absolute atomic E-state index is 0. The summed E-state index contributed by atoms with van der Waals surface area (Å²) in [5.74, 6) is 0.0555. The topological polar surface area (TPSA) is 58.4 Å². The van der Waals surface area contributed by atoms with Gasteiger partial charge in [0.1, 0.15) is 0 Å². The summed E-state index contributed by atoms with van der Waals surface area (Å²) in [6.45, 7) is 0.925. The van der Waals surface area contributed by atoms with Crippen molar-refractivity contribution >= 4 is 40.3 Å². The number of benzene rings is 1. The minimum Gasteiger partial charge on any atom is -0.325 e. The molecule has 1 saturated heterocycles. The van der Waals surface area contributed by atoms with Crippen LogP contribution in [0, 0.1) is 0 Å². The lowest BCUT2D eigenvalue weighted by atomic mass is 10.0. The predicted molar refractivity (Wildman–Crippen MR) is 100 cm³/mol. The number of nitrogens with one attached hydrogen (secondary N) is 2. The Hall–Kier alpha value is -1.89. The van der Waals surface area contributed by atoms with Gasteiger partial charge in [-0.3, -0.25) is 9.20 Å². The molecule has 2 aromatic heterocycles. The number of thiazole rings is 1. The van der Waals surface area contributed by atoms with E-state index in [4.69, 9.17) is 0 Å². The van der Waals surface area contributed by atoms with Crippen molar-refractivity contribution < 1.29 is 4.79 Å². The molecule has 3 heterocycles. The number of amides is 1. The standard InChI is InChI=1S/C17H18N4OS.ClH/c22-16(14-3-1-2-8-18-14)19-13-6-4-12(5-7-13)15-11-21-9-10-23-17(21)20-15;/h4-7,9-11,14,18H,1-3,8H2,(H,19,22);1H/t14-;/m0./s1. The Morgan fingerprint density at radius 1 is 1.29 bits per heavy atom. The minimum atomic E-state index is -0.0663. The average molecular weight is 363 g/mol. The molecule has 126 valence electrons. The number of imidazole rings is 1. The molecule has 7 heteroatoms. The summed E-state index contributed by atoms with van der Waals surface area (Å²) in [6.07, 6.45) is 7.20. The number of carbonyl (C=O) groups excluding carboxylic acids is 1. The number of aromatic nitrogens is 2. The summed E-state index contributed by atoms with van der Waals surface area (Å²) >= 11 is 1.62. The van der Waals surface area contributed by atoms with Gasteiger partial charge in [-0.15, -0.1) is 23.7 Å². The van der Waals surface area contributed by atoms with Crippen LogP contribution in [0.3, 0.4) is 0 Å². The highest BCUT2D eigenvalue weighted by Gasteiger charge is 2.20. The molecule has 1 aliphatic heterocycles. The van der Waals surface area contributed by atoms with Crippen molar-refractivity contribution in [1.82, 2.24) is 14.7 Å². The first kappa shape index (κ1) is 17.0. The van der Waals surface area contributed by atoms with Crippen LogP contribution < -0.4 is 10.6 Å². The van der Waals surface area contributed by atoms with Crippen LogP contribution in [0.1, 0.15) is 19.3 Å². The van der Waals surface area contributed by atoms with Gasteiger partial charge in [-0.25, -0.2) is 4.98 Å². The van der Waals surface area contributed by atoms with Gasteiger partial charge in [-0.1, -0.05) is 18.6 Å². The highest BCUT2D eigenvalue weighted by molar-refractivity contribution is 7.15. The van der Waals surface area contributed by atoms with Gasteiger partial charge in [0, 0.05) is 29.0 Å². The van der Waals surface area contributed by atoms with Gasteiger partial charge in [0.25, 0.3) is 0 Å². The third-order valence-corrected chi connectivity index (χ3v) is 4.94. The maximum atomic E-state index is 12.2. The van der Waals surface area contributed by atoms with Crippen LogP contribution in [0.2, 0.25) is 0 Å². The maximum Gasteiger partial charge on any atom is 0.241 e. The molecule has 1 amide bonds. The zero-order valence-electron chi connectivity index (χ0n) is 13.1. The summed E-state index contributed by atoms with van der Waals surface area (Å²) < 4.78 is 2.02. The molecule has 0 radical (unpaired) electrons. The van der Waals surface area contributed by atoms with E-state index in [9.17, 15) is 4.79 Å². The van der Waals surface area contributed by atoms with Crippen molar-refractivity contribution in [2.75, 3.05) is 11.9 Å².